The van der Waals surface area contributed by atoms with Crippen LogP contribution < -0.4 is 4.74 Å². The molecule has 0 unspecified atom stereocenters. The van der Waals surface area contributed by atoms with Crippen molar-refractivity contribution in [3.8, 4) is 34.1 Å². The molecule has 0 aliphatic rings. The molecule has 0 bridgehead atoms. The molecule has 4 aromatic carbocycles. The van der Waals surface area contributed by atoms with Gasteiger partial charge in [-0.15, -0.1) is 41.3 Å². The summed E-state index contributed by atoms with van der Waals surface area (Å²) in [6.07, 6.45) is 6.49. The summed E-state index contributed by atoms with van der Waals surface area (Å²) in [5.74, 6) is 2.45. The molecule has 3 heterocycles. The molecule has 262 valence electrons. The first kappa shape index (κ1) is 36.3. The van der Waals surface area contributed by atoms with E-state index in [0.717, 1.165) is 71.1 Å². The Morgan fingerprint density at radius 1 is 0.706 bits per heavy atom. The standard InChI is InChI=1S/C45H46N4O.Pd/c1-8-30-22-23-46-43(24-30)48-41-19-14-13-18-37(41)38-21-20-35(28-42(38)48)50-36-26-33(29(6)7)25-34(27-36)49-40(12-5)45(39(11-4)47-49)44-31(9-2)16-15-17-32(44)10-3;/h13-26,29H,8-12H2,1-7H3;/q-2;+2. The Morgan fingerprint density at radius 3 is 2.16 bits per heavy atom. The summed E-state index contributed by atoms with van der Waals surface area (Å²) in [4.78, 5) is 4.78. The van der Waals surface area contributed by atoms with E-state index in [2.05, 4.69) is 143 Å². The van der Waals surface area contributed by atoms with Crippen LogP contribution in [0.25, 0.3) is 44.4 Å². The topological polar surface area (TPSA) is 44.9 Å². The van der Waals surface area contributed by atoms with Crippen molar-refractivity contribution in [3.05, 3.63) is 131 Å². The van der Waals surface area contributed by atoms with Gasteiger partial charge in [0.15, 0.2) is 0 Å². The molecule has 7 aromatic rings. The van der Waals surface area contributed by atoms with Gasteiger partial charge in [-0.05, 0) is 89.5 Å². The summed E-state index contributed by atoms with van der Waals surface area (Å²) in [5, 5.41) is 7.55. The third-order valence-corrected chi connectivity index (χ3v) is 9.94. The maximum atomic E-state index is 6.68. The maximum Gasteiger partial charge on any atom is 2.00 e. The van der Waals surface area contributed by atoms with Crippen molar-refractivity contribution in [3.63, 3.8) is 0 Å². The van der Waals surface area contributed by atoms with Gasteiger partial charge in [0.1, 0.15) is 5.82 Å². The Kier molecular flexibility index (Phi) is 11.0. The van der Waals surface area contributed by atoms with Gasteiger partial charge < -0.3 is 9.30 Å². The van der Waals surface area contributed by atoms with Crippen LogP contribution in [0.4, 0.5) is 0 Å². The summed E-state index contributed by atoms with van der Waals surface area (Å²) in [6, 6.07) is 35.2. The Morgan fingerprint density at radius 2 is 1.47 bits per heavy atom. The minimum Gasteiger partial charge on any atom is -0.509 e. The van der Waals surface area contributed by atoms with E-state index < -0.39 is 0 Å². The summed E-state index contributed by atoms with van der Waals surface area (Å²) >= 11 is 0. The fourth-order valence-electron chi connectivity index (χ4n) is 7.27. The zero-order chi connectivity index (χ0) is 34.9. The first-order valence-corrected chi connectivity index (χ1v) is 18.3. The second-order valence-corrected chi connectivity index (χ2v) is 13.3. The number of ether oxygens (including phenoxy) is 1. The molecule has 7 rings (SSSR count). The Balaban J connectivity index is 0.00000448. The molecule has 0 aliphatic carbocycles. The number of rotatable bonds is 11. The Bertz CT molecular complexity index is 2310. The normalized spacial score (nSPS) is 11.5. The fraction of sp³-hybridized carbons (Fsp3) is 0.289. The molecule has 0 amide bonds. The maximum absolute atomic E-state index is 6.68. The first-order valence-electron chi connectivity index (χ1n) is 18.3. The quantitative estimate of drug-likeness (QED) is 0.0973. The van der Waals surface area contributed by atoms with Gasteiger partial charge in [0.05, 0.1) is 5.69 Å². The van der Waals surface area contributed by atoms with E-state index in [1.807, 2.05) is 12.3 Å². The van der Waals surface area contributed by atoms with E-state index >= 15 is 0 Å². The molecular weight excluding hydrogens is 719 g/mol. The van der Waals surface area contributed by atoms with Crippen molar-refractivity contribution in [2.75, 3.05) is 0 Å². The van der Waals surface area contributed by atoms with Crippen molar-refractivity contribution in [1.29, 1.82) is 0 Å². The molecule has 0 N–H and O–H groups in total. The number of aryl methyl sites for hydroxylation is 4. The Hall–Kier alpha value is -4.50. The zero-order valence-corrected chi connectivity index (χ0v) is 32.3. The van der Waals surface area contributed by atoms with Crippen LogP contribution >= 0.6 is 0 Å². The van der Waals surface area contributed by atoms with Crippen molar-refractivity contribution in [1.82, 2.24) is 19.3 Å². The fourth-order valence-corrected chi connectivity index (χ4v) is 7.27. The van der Waals surface area contributed by atoms with E-state index in [4.69, 9.17) is 14.8 Å². The van der Waals surface area contributed by atoms with Crippen LogP contribution in [0.2, 0.25) is 0 Å². The van der Waals surface area contributed by atoms with Gasteiger partial charge in [0.25, 0.3) is 0 Å². The van der Waals surface area contributed by atoms with Gasteiger partial charge in [0.2, 0.25) is 0 Å². The van der Waals surface area contributed by atoms with Gasteiger partial charge in [-0.1, -0.05) is 90.4 Å². The van der Waals surface area contributed by atoms with Crippen molar-refractivity contribution < 1.29 is 25.2 Å². The summed E-state index contributed by atoms with van der Waals surface area (Å²) in [5.41, 5.74) is 13.0. The Labute approximate surface area is 316 Å². The van der Waals surface area contributed by atoms with Crippen LogP contribution in [0.15, 0.2) is 85.1 Å². The largest absolute Gasteiger partial charge is 2.00 e. The van der Waals surface area contributed by atoms with Crippen LogP contribution in [0.5, 0.6) is 11.5 Å². The zero-order valence-electron chi connectivity index (χ0n) is 30.7. The summed E-state index contributed by atoms with van der Waals surface area (Å²) in [6.45, 7) is 15.5. The van der Waals surface area contributed by atoms with Crippen LogP contribution in [0.3, 0.4) is 0 Å². The van der Waals surface area contributed by atoms with Gasteiger partial charge in [-0.2, -0.15) is 11.2 Å². The predicted molar refractivity (Wildman–Crippen MR) is 206 cm³/mol. The number of benzene rings is 4. The molecule has 0 aliphatic heterocycles. The van der Waals surface area contributed by atoms with Gasteiger partial charge in [0, 0.05) is 34.5 Å². The number of nitrogens with zero attached hydrogens (tertiary/aromatic N) is 4. The molecule has 0 spiro atoms. The average molecular weight is 765 g/mol. The van der Waals surface area contributed by atoms with E-state index in [9.17, 15) is 0 Å². The number of hydrogen-bond donors (Lipinski definition) is 0. The summed E-state index contributed by atoms with van der Waals surface area (Å²) < 4.78 is 11.0. The second kappa shape index (κ2) is 15.4. The van der Waals surface area contributed by atoms with Crippen LogP contribution in [-0.4, -0.2) is 19.3 Å². The minimum atomic E-state index is 0. The summed E-state index contributed by atoms with van der Waals surface area (Å²) in [7, 11) is 0. The van der Waals surface area contributed by atoms with Crippen molar-refractivity contribution in [2.45, 2.75) is 86.5 Å². The third-order valence-electron chi connectivity index (χ3n) is 9.94. The van der Waals surface area contributed by atoms with E-state index in [0.29, 0.717) is 11.5 Å². The molecule has 51 heavy (non-hydrogen) atoms. The molecule has 0 atom stereocenters. The van der Waals surface area contributed by atoms with Crippen molar-refractivity contribution in [2.24, 2.45) is 0 Å². The average Bonchev–Trinajstić information content (AvgIpc) is 3.69. The number of fused-ring (bicyclic) bond motifs is 3. The molecule has 0 saturated heterocycles. The molecule has 5 nitrogen and oxygen atoms in total. The molecule has 0 fully saturated rings. The SMILES string of the molecule is CCc1ccnc(-n2c3[c-]c(Oc4[c-]c(-n5nc(CC)c(-c6c(CC)cccc6CC)c5CC)cc(C(C)C)c4)ccc3c3ccccc32)c1.[Pd+2]. The minimum absolute atomic E-state index is 0. The number of hydrogen-bond acceptors (Lipinski definition) is 3. The number of aromatic nitrogens is 4. The van der Waals surface area contributed by atoms with E-state index in [1.54, 1.807) is 0 Å². The molecule has 3 aromatic heterocycles. The van der Waals surface area contributed by atoms with Gasteiger partial charge in [-0.3, -0.25) is 4.68 Å². The smallest absolute Gasteiger partial charge is 0.509 e. The van der Waals surface area contributed by atoms with E-state index in [1.165, 1.54) is 39.1 Å². The van der Waals surface area contributed by atoms with Gasteiger partial charge in [-0.25, -0.2) is 4.98 Å². The van der Waals surface area contributed by atoms with E-state index in [-0.39, 0.29) is 26.3 Å². The number of para-hydroxylation sites is 1. The molecular formula is C45H46N4OPd. The number of pyridine rings is 1. The molecule has 0 radical (unpaired) electrons. The van der Waals surface area contributed by atoms with Gasteiger partial charge >= 0.3 is 20.4 Å². The monoisotopic (exact) mass is 764 g/mol. The molecule has 6 heteroatoms. The third kappa shape index (κ3) is 6.68. The first-order chi connectivity index (χ1) is 24.4. The van der Waals surface area contributed by atoms with Crippen molar-refractivity contribution >= 4 is 21.8 Å². The van der Waals surface area contributed by atoms with Crippen LogP contribution in [0, 0.1) is 12.1 Å². The predicted octanol–water partition coefficient (Wildman–Crippen LogP) is 11.4. The van der Waals surface area contributed by atoms with Crippen LogP contribution in [0.1, 0.15) is 88.0 Å². The van der Waals surface area contributed by atoms with Crippen LogP contribution in [-0.2, 0) is 52.5 Å². The second-order valence-electron chi connectivity index (χ2n) is 13.3. The molecule has 0 saturated carbocycles.